The molecule has 2 heterocycles. The SMILES string of the molecule is C[C@@H]1Cc2cc(-c3ccnc(NC#N)n3)ccc2O1. The van der Waals surface area contributed by atoms with Crippen molar-refractivity contribution >= 4 is 5.95 Å². The van der Waals surface area contributed by atoms with E-state index in [0.29, 0.717) is 5.95 Å². The van der Waals surface area contributed by atoms with Gasteiger partial charge >= 0.3 is 0 Å². The molecule has 1 aliphatic heterocycles. The van der Waals surface area contributed by atoms with Crippen LogP contribution in [-0.4, -0.2) is 16.1 Å². The first kappa shape index (κ1) is 11.5. The van der Waals surface area contributed by atoms with E-state index in [1.807, 2.05) is 24.4 Å². The first-order valence-electron chi connectivity index (χ1n) is 6.04. The van der Waals surface area contributed by atoms with Gasteiger partial charge in [0.05, 0.1) is 5.69 Å². The van der Waals surface area contributed by atoms with Gasteiger partial charge in [0.2, 0.25) is 5.95 Å². The molecule has 0 aliphatic carbocycles. The van der Waals surface area contributed by atoms with E-state index >= 15 is 0 Å². The second-order valence-electron chi connectivity index (χ2n) is 4.46. The van der Waals surface area contributed by atoms with Crippen LogP contribution in [0.25, 0.3) is 11.3 Å². The zero-order valence-electron chi connectivity index (χ0n) is 10.4. The maximum absolute atomic E-state index is 8.58. The number of nitrogens with zero attached hydrogens (tertiary/aromatic N) is 3. The van der Waals surface area contributed by atoms with Gasteiger partial charge in [-0.05, 0) is 36.8 Å². The summed E-state index contributed by atoms with van der Waals surface area (Å²) in [6.45, 7) is 2.05. The molecule has 0 amide bonds. The Balaban J connectivity index is 1.97. The Morgan fingerprint density at radius 1 is 1.42 bits per heavy atom. The number of rotatable bonds is 2. The van der Waals surface area contributed by atoms with Crippen LogP contribution < -0.4 is 10.1 Å². The average Bonchev–Trinajstić information content (AvgIpc) is 2.78. The lowest BCUT2D eigenvalue weighted by molar-refractivity contribution is 0.254. The largest absolute Gasteiger partial charge is 0.490 e. The first-order chi connectivity index (χ1) is 9.26. The molecule has 94 valence electrons. The van der Waals surface area contributed by atoms with Crippen LogP contribution in [-0.2, 0) is 6.42 Å². The van der Waals surface area contributed by atoms with Crippen molar-refractivity contribution < 1.29 is 4.74 Å². The molecular weight excluding hydrogens is 240 g/mol. The minimum Gasteiger partial charge on any atom is -0.490 e. The molecule has 19 heavy (non-hydrogen) atoms. The van der Waals surface area contributed by atoms with Gasteiger partial charge < -0.3 is 4.74 Å². The van der Waals surface area contributed by atoms with Crippen LogP contribution in [0.1, 0.15) is 12.5 Å². The van der Waals surface area contributed by atoms with Crippen LogP contribution in [0.3, 0.4) is 0 Å². The molecule has 3 rings (SSSR count). The molecule has 0 spiro atoms. The number of aromatic nitrogens is 2. The van der Waals surface area contributed by atoms with Crippen LogP contribution in [0.15, 0.2) is 30.5 Å². The highest BCUT2D eigenvalue weighted by molar-refractivity contribution is 5.63. The van der Waals surface area contributed by atoms with E-state index in [0.717, 1.165) is 23.4 Å². The van der Waals surface area contributed by atoms with E-state index in [9.17, 15) is 0 Å². The summed E-state index contributed by atoms with van der Waals surface area (Å²) < 4.78 is 5.67. The molecule has 0 unspecified atom stereocenters. The molecule has 0 radical (unpaired) electrons. The monoisotopic (exact) mass is 252 g/mol. The smallest absolute Gasteiger partial charge is 0.236 e. The van der Waals surface area contributed by atoms with Gasteiger partial charge in [-0.15, -0.1) is 0 Å². The number of ether oxygens (including phenoxy) is 1. The lowest BCUT2D eigenvalue weighted by Gasteiger charge is -2.05. The van der Waals surface area contributed by atoms with Gasteiger partial charge in [0.25, 0.3) is 0 Å². The zero-order valence-corrected chi connectivity index (χ0v) is 10.4. The summed E-state index contributed by atoms with van der Waals surface area (Å²) in [7, 11) is 0. The average molecular weight is 252 g/mol. The van der Waals surface area contributed by atoms with Crippen molar-refractivity contribution in [3.63, 3.8) is 0 Å². The molecule has 0 saturated carbocycles. The first-order valence-corrected chi connectivity index (χ1v) is 6.04. The normalized spacial score (nSPS) is 16.3. The van der Waals surface area contributed by atoms with Gasteiger partial charge in [-0.25, -0.2) is 9.97 Å². The van der Waals surface area contributed by atoms with Gasteiger partial charge in [0.1, 0.15) is 11.9 Å². The maximum atomic E-state index is 8.58. The van der Waals surface area contributed by atoms with E-state index in [1.165, 1.54) is 5.56 Å². The van der Waals surface area contributed by atoms with Crippen LogP contribution >= 0.6 is 0 Å². The molecule has 0 saturated heterocycles. The lowest BCUT2D eigenvalue weighted by Crippen LogP contribution is -2.05. The van der Waals surface area contributed by atoms with E-state index in [2.05, 4.69) is 28.3 Å². The molecule has 1 aromatic carbocycles. The Hall–Kier alpha value is -2.61. The van der Waals surface area contributed by atoms with Crippen molar-refractivity contribution in [2.75, 3.05) is 5.32 Å². The minimum atomic E-state index is 0.228. The number of nitrogens with one attached hydrogen (secondary N) is 1. The summed E-state index contributed by atoms with van der Waals surface area (Å²) in [5, 5.41) is 11.0. The van der Waals surface area contributed by atoms with Gasteiger partial charge in [0.15, 0.2) is 6.19 Å². The summed E-state index contributed by atoms with van der Waals surface area (Å²) in [5.74, 6) is 1.26. The molecule has 5 heteroatoms. The standard InChI is InChI=1S/C14H12N4O/c1-9-6-11-7-10(2-3-13(11)19-9)12-4-5-16-14(18-12)17-8-15/h2-5,7,9H,6H2,1H3,(H,16,17,18)/t9-/m1/s1. The summed E-state index contributed by atoms with van der Waals surface area (Å²) >= 11 is 0. The van der Waals surface area contributed by atoms with Crippen LogP contribution in [0.2, 0.25) is 0 Å². The third-order valence-corrected chi connectivity index (χ3v) is 3.02. The van der Waals surface area contributed by atoms with Gasteiger partial charge in [0, 0.05) is 18.2 Å². The van der Waals surface area contributed by atoms with Crippen molar-refractivity contribution in [2.45, 2.75) is 19.4 Å². The number of hydrogen-bond donors (Lipinski definition) is 1. The summed E-state index contributed by atoms with van der Waals surface area (Å²) in [5.41, 5.74) is 2.98. The molecule has 1 aliphatic rings. The predicted octanol–water partition coefficient (Wildman–Crippen LogP) is 2.36. The Morgan fingerprint density at radius 2 is 2.32 bits per heavy atom. The van der Waals surface area contributed by atoms with Crippen molar-refractivity contribution in [1.29, 1.82) is 5.26 Å². The highest BCUT2D eigenvalue weighted by Crippen LogP contribution is 2.32. The number of benzene rings is 1. The van der Waals surface area contributed by atoms with E-state index in [1.54, 1.807) is 6.20 Å². The predicted molar refractivity (Wildman–Crippen MR) is 70.5 cm³/mol. The fourth-order valence-electron chi connectivity index (χ4n) is 2.21. The zero-order chi connectivity index (χ0) is 13.2. The molecule has 0 fully saturated rings. The third-order valence-electron chi connectivity index (χ3n) is 3.02. The van der Waals surface area contributed by atoms with Gasteiger partial charge in [-0.3, -0.25) is 5.32 Å². The van der Waals surface area contributed by atoms with E-state index in [4.69, 9.17) is 10.00 Å². The van der Waals surface area contributed by atoms with Crippen molar-refractivity contribution in [3.8, 4) is 23.2 Å². The molecule has 1 aromatic heterocycles. The van der Waals surface area contributed by atoms with Crippen LogP contribution in [0.4, 0.5) is 5.95 Å². The molecule has 0 bridgehead atoms. The maximum Gasteiger partial charge on any atom is 0.236 e. The van der Waals surface area contributed by atoms with E-state index < -0.39 is 0 Å². The Morgan fingerprint density at radius 3 is 3.16 bits per heavy atom. The van der Waals surface area contributed by atoms with Crippen molar-refractivity contribution in [2.24, 2.45) is 0 Å². The fourth-order valence-corrected chi connectivity index (χ4v) is 2.21. The Kier molecular flexibility index (Phi) is 2.76. The quantitative estimate of drug-likeness (QED) is 0.656. The molecule has 1 N–H and O–H groups in total. The number of hydrogen-bond acceptors (Lipinski definition) is 5. The van der Waals surface area contributed by atoms with Crippen molar-refractivity contribution in [1.82, 2.24) is 9.97 Å². The third kappa shape index (κ3) is 2.20. The van der Waals surface area contributed by atoms with Gasteiger partial charge in [-0.2, -0.15) is 5.26 Å². The summed E-state index contributed by atoms with van der Waals surface area (Å²) in [4.78, 5) is 8.26. The fraction of sp³-hybridized carbons (Fsp3) is 0.214. The van der Waals surface area contributed by atoms with Crippen LogP contribution in [0.5, 0.6) is 5.75 Å². The van der Waals surface area contributed by atoms with Crippen LogP contribution in [0, 0.1) is 11.5 Å². The van der Waals surface area contributed by atoms with E-state index in [-0.39, 0.29) is 6.10 Å². The number of anilines is 1. The topological polar surface area (TPSA) is 70.8 Å². The highest BCUT2D eigenvalue weighted by atomic mass is 16.5. The molecule has 1 atom stereocenters. The Labute approximate surface area is 110 Å². The summed E-state index contributed by atoms with van der Waals surface area (Å²) in [6.07, 6.45) is 4.59. The van der Waals surface area contributed by atoms with Gasteiger partial charge in [-0.1, -0.05) is 0 Å². The second kappa shape index (κ2) is 4.58. The number of fused-ring (bicyclic) bond motifs is 1. The Bertz CT molecular complexity index is 663. The lowest BCUT2D eigenvalue weighted by atomic mass is 10.0. The highest BCUT2D eigenvalue weighted by Gasteiger charge is 2.19. The summed E-state index contributed by atoms with van der Waals surface area (Å²) in [6, 6.07) is 7.84. The van der Waals surface area contributed by atoms with Crippen molar-refractivity contribution in [3.05, 3.63) is 36.0 Å². The minimum absolute atomic E-state index is 0.228. The molecule has 2 aromatic rings. The molecule has 5 nitrogen and oxygen atoms in total. The molecular formula is C14H12N4O. The second-order valence-corrected chi connectivity index (χ2v) is 4.46. The number of nitriles is 1.